The van der Waals surface area contributed by atoms with Crippen molar-refractivity contribution in [1.29, 1.82) is 0 Å². The van der Waals surface area contributed by atoms with Crippen molar-refractivity contribution in [2.75, 3.05) is 0 Å². The van der Waals surface area contributed by atoms with Crippen LogP contribution in [0.2, 0.25) is 0 Å². The number of Topliss-reactive ketones (excluding diaryl/α,β-unsaturated/α-hetero) is 1. The summed E-state index contributed by atoms with van der Waals surface area (Å²) in [6.45, 7) is 0. The number of thioether (sulfide) groups is 1. The van der Waals surface area contributed by atoms with Crippen molar-refractivity contribution in [2.45, 2.75) is 48.6 Å². The van der Waals surface area contributed by atoms with E-state index in [1.165, 1.54) is 17.8 Å². The van der Waals surface area contributed by atoms with Gasteiger partial charge in [0.05, 0.1) is 10.8 Å². The van der Waals surface area contributed by atoms with Crippen LogP contribution in [0.3, 0.4) is 0 Å². The van der Waals surface area contributed by atoms with Crippen molar-refractivity contribution in [3.05, 3.63) is 30.1 Å². The van der Waals surface area contributed by atoms with Gasteiger partial charge in [0.15, 0.2) is 11.0 Å². The maximum atomic E-state index is 14.1. The Labute approximate surface area is 132 Å². The Bertz CT molecular complexity index is 726. The molecule has 114 valence electrons. The predicted octanol–water partition coefficient (Wildman–Crippen LogP) is 3.63. The number of hydrogen-bond acceptors (Lipinski definition) is 4. The van der Waals surface area contributed by atoms with E-state index < -0.39 is 0 Å². The van der Waals surface area contributed by atoms with Crippen LogP contribution in [0.5, 0.6) is 0 Å². The molecule has 1 aromatic heterocycles. The first-order valence-electron chi connectivity index (χ1n) is 7.63. The molecule has 2 fully saturated rings. The van der Waals surface area contributed by atoms with Gasteiger partial charge in [-0.3, -0.25) is 9.36 Å². The summed E-state index contributed by atoms with van der Waals surface area (Å²) in [6.07, 6.45) is 4.64. The molecule has 0 aliphatic heterocycles. The van der Waals surface area contributed by atoms with Gasteiger partial charge in [-0.15, -0.1) is 10.2 Å². The van der Waals surface area contributed by atoms with Gasteiger partial charge in [-0.1, -0.05) is 23.9 Å². The van der Waals surface area contributed by atoms with E-state index in [4.69, 9.17) is 0 Å². The molecule has 0 amide bonds. The highest BCUT2D eigenvalue weighted by molar-refractivity contribution is 8.00. The summed E-state index contributed by atoms with van der Waals surface area (Å²) in [6, 6.07) is 6.98. The lowest BCUT2D eigenvalue weighted by atomic mass is 10.2. The predicted molar refractivity (Wildman–Crippen MR) is 82.2 cm³/mol. The zero-order valence-electron chi connectivity index (χ0n) is 12.0. The maximum Gasteiger partial charge on any atom is 0.192 e. The number of halogens is 1. The highest BCUT2D eigenvalue weighted by Crippen LogP contribution is 2.43. The highest BCUT2D eigenvalue weighted by Gasteiger charge is 2.34. The van der Waals surface area contributed by atoms with Crippen molar-refractivity contribution in [3.63, 3.8) is 0 Å². The van der Waals surface area contributed by atoms with Crippen LogP contribution in [0, 0.1) is 5.82 Å². The van der Waals surface area contributed by atoms with Gasteiger partial charge in [-0.2, -0.15) is 0 Å². The standard InChI is InChI=1S/C16H16FN3OS/c17-12-5-2-1-4-11(12)15-18-19-16(20(15)10-8-9-10)22-14-7-3-6-13(14)21/h1-2,4-5,10,14H,3,6-9H2/t14-/m0/s1. The zero-order valence-corrected chi connectivity index (χ0v) is 12.9. The van der Waals surface area contributed by atoms with E-state index in [1.54, 1.807) is 18.2 Å². The smallest absolute Gasteiger partial charge is 0.192 e. The molecule has 0 bridgehead atoms. The van der Waals surface area contributed by atoms with Crippen LogP contribution in [0.15, 0.2) is 29.4 Å². The average molecular weight is 317 g/mol. The van der Waals surface area contributed by atoms with Crippen molar-refractivity contribution < 1.29 is 9.18 Å². The Morgan fingerprint density at radius 3 is 2.68 bits per heavy atom. The Balaban J connectivity index is 1.72. The molecule has 0 radical (unpaired) electrons. The second-order valence-corrected chi connectivity index (χ2v) is 7.02. The van der Waals surface area contributed by atoms with E-state index in [2.05, 4.69) is 10.2 Å². The van der Waals surface area contributed by atoms with Gasteiger partial charge in [-0.25, -0.2) is 4.39 Å². The molecule has 2 aromatic rings. The third kappa shape index (κ3) is 2.45. The summed E-state index contributed by atoms with van der Waals surface area (Å²) in [4.78, 5) is 11.9. The lowest BCUT2D eigenvalue weighted by Crippen LogP contribution is -2.10. The molecule has 2 aliphatic rings. The van der Waals surface area contributed by atoms with Gasteiger partial charge in [-0.05, 0) is 37.8 Å². The second-order valence-electron chi connectivity index (χ2n) is 5.85. The molecular weight excluding hydrogens is 301 g/mol. The minimum atomic E-state index is -0.287. The number of aromatic nitrogens is 3. The molecule has 2 saturated carbocycles. The molecule has 0 spiro atoms. The highest BCUT2D eigenvalue weighted by atomic mass is 32.2. The molecule has 0 N–H and O–H groups in total. The van der Waals surface area contributed by atoms with E-state index in [0.717, 1.165) is 30.8 Å². The molecular formula is C16H16FN3OS. The number of carbonyl (C=O) groups excluding carboxylic acids is 1. The molecule has 0 saturated heterocycles. The quantitative estimate of drug-likeness (QED) is 0.864. The molecule has 1 atom stereocenters. The van der Waals surface area contributed by atoms with Crippen molar-refractivity contribution in [1.82, 2.24) is 14.8 Å². The summed E-state index contributed by atoms with van der Waals surface area (Å²) < 4.78 is 16.1. The molecule has 0 unspecified atom stereocenters. The van der Waals surface area contributed by atoms with Gasteiger partial charge in [0.2, 0.25) is 0 Å². The minimum absolute atomic E-state index is 0.0184. The molecule has 4 rings (SSSR count). The first kappa shape index (κ1) is 13.9. The molecule has 22 heavy (non-hydrogen) atoms. The summed E-state index contributed by atoms with van der Waals surface area (Å²) >= 11 is 1.49. The third-order valence-corrected chi connectivity index (χ3v) is 5.46. The Morgan fingerprint density at radius 1 is 1.18 bits per heavy atom. The lowest BCUT2D eigenvalue weighted by Gasteiger charge is -2.11. The molecule has 6 heteroatoms. The molecule has 1 heterocycles. The van der Waals surface area contributed by atoms with Gasteiger partial charge in [0, 0.05) is 12.5 Å². The normalized spacial score (nSPS) is 21.5. The zero-order chi connectivity index (χ0) is 15.1. The molecule has 4 nitrogen and oxygen atoms in total. The van der Waals surface area contributed by atoms with E-state index in [0.29, 0.717) is 29.6 Å². The Hall–Kier alpha value is -1.69. The second kappa shape index (κ2) is 5.50. The number of carbonyl (C=O) groups is 1. The number of hydrogen-bond donors (Lipinski definition) is 0. The van der Waals surface area contributed by atoms with Crippen molar-refractivity contribution in [2.24, 2.45) is 0 Å². The average Bonchev–Trinajstić information content (AvgIpc) is 3.15. The van der Waals surface area contributed by atoms with E-state index >= 15 is 0 Å². The largest absolute Gasteiger partial charge is 0.299 e. The topological polar surface area (TPSA) is 47.8 Å². The fourth-order valence-corrected chi connectivity index (χ4v) is 4.11. The van der Waals surface area contributed by atoms with E-state index in [1.807, 2.05) is 4.57 Å². The van der Waals surface area contributed by atoms with Crippen LogP contribution in [0.25, 0.3) is 11.4 Å². The van der Waals surface area contributed by atoms with Gasteiger partial charge in [0.25, 0.3) is 0 Å². The summed E-state index contributed by atoms with van der Waals surface area (Å²) in [5, 5.41) is 9.20. The van der Waals surface area contributed by atoms with E-state index in [9.17, 15) is 9.18 Å². The first-order valence-corrected chi connectivity index (χ1v) is 8.51. The van der Waals surface area contributed by atoms with Crippen molar-refractivity contribution in [3.8, 4) is 11.4 Å². The van der Waals surface area contributed by atoms with E-state index in [-0.39, 0.29) is 11.1 Å². The Kier molecular flexibility index (Phi) is 3.48. The lowest BCUT2D eigenvalue weighted by molar-refractivity contribution is -0.116. The van der Waals surface area contributed by atoms with Crippen LogP contribution in [-0.2, 0) is 4.79 Å². The molecule has 1 aromatic carbocycles. The van der Waals surface area contributed by atoms with Crippen LogP contribution in [0.4, 0.5) is 4.39 Å². The van der Waals surface area contributed by atoms with Crippen molar-refractivity contribution >= 4 is 17.5 Å². The molecule has 2 aliphatic carbocycles. The first-order chi connectivity index (χ1) is 10.7. The Morgan fingerprint density at radius 2 is 2.00 bits per heavy atom. The number of nitrogens with zero attached hydrogens (tertiary/aromatic N) is 3. The number of ketones is 1. The van der Waals surface area contributed by atoms with Crippen LogP contribution >= 0.6 is 11.8 Å². The monoisotopic (exact) mass is 317 g/mol. The van der Waals surface area contributed by atoms with Gasteiger partial charge in [0.1, 0.15) is 11.6 Å². The maximum absolute atomic E-state index is 14.1. The van der Waals surface area contributed by atoms with Gasteiger partial charge >= 0.3 is 0 Å². The SMILES string of the molecule is O=C1CCC[C@@H]1Sc1nnc(-c2ccccc2F)n1C1CC1. The number of benzene rings is 1. The summed E-state index contributed by atoms with van der Waals surface area (Å²) in [5.41, 5.74) is 0.478. The summed E-state index contributed by atoms with van der Waals surface area (Å²) in [7, 11) is 0. The van der Waals surface area contributed by atoms with Crippen LogP contribution < -0.4 is 0 Å². The van der Waals surface area contributed by atoms with Gasteiger partial charge < -0.3 is 0 Å². The fraction of sp³-hybridized carbons (Fsp3) is 0.438. The van der Waals surface area contributed by atoms with Crippen LogP contribution in [-0.4, -0.2) is 25.8 Å². The fourth-order valence-electron chi connectivity index (χ4n) is 2.88. The third-order valence-electron chi connectivity index (χ3n) is 4.19. The van der Waals surface area contributed by atoms with Crippen LogP contribution in [0.1, 0.15) is 38.1 Å². The summed E-state index contributed by atoms with van der Waals surface area (Å²) in [5.74, 6) is 0.585. The minimum Gasteiger partial charge on any atom is -0.299 e. The number of rotatable bonds is 4.